The molecule has 0 saturated carbocycles. The molecule has 1 saturated heterocycles. The molecule has 1 aliphatic heterocycles. The van der Waals surface area contributed by atoms with Gasteiger partial charge < -0.3 is 19.0 Å². The number of fused-ring (bicyclic) bond motifs is 1. The summed E-state index contributed by atoms with van der Waals surface area (Å²) >= 11 is 6.34. The van der Waals surface area contributed by atoms with Gasteiger partial charge in [0.15, 0.2) is 6.10 Å². The van der Waals surface area contributed by atoms with Crippen LogP contribution in [0.4, 0.5) is 0 Å². The van der Waals surface area contributed by atoms with Crippen LogP contribution in [0.3, 0.4) is 0 Å². The second kappa shape index (κ2) is 9.89. The minimum absolute atomic E-state index is 0.0324. The average molecular weight is 483 g/mol. The first-order chi connectivity index (χ1) is 16.2. The third-order valence-electron chi connectivity index (χ3n) is 6.06. The summed E-state index contributed by atoms with van der Waals surface area (Å²) in [5, 5.41) is 1.24. The Bertz CT molecular complexity index is 1290. The predicted octanol–water partition coefficient (Wildman–Crippen LogP) is 4.21. The van der Waals surface area contributed by atoms with Gasteiger partial charge in [-0.2, -0.15) is 0 Å². The number of nitrogens with zero attached hydrogens (tertiary/aromatic N) is 2. The lowest BCUT2D eigenvalue weighted by Crippen LogP contribution is -2.48. The molecule has 2 heterocycles. The maximum absolute atomic E-state index is 13.0. The van der Waals surface area contributed by atoms with E-state index in [-0.39, 0.29) is 17.7 Å². The van der Waals surface area contributed by atoms with Crippen molar-refractivity contribution in [3.8, 4) is 16.9 Å². The van der Waals surface area contributed by atoms with Crippen LogP contribution >= 0.6 is 11.6 Å². The number of rotatable bonds is 5. The maximum atomic E-state index is 13.0. The normalized spacial score (nSPS) is 16.8. The van der Waals surface area contributed by atoms with Crippen LogP contribution in [0.15, 0.2) is 57.7 Å². The Morgan fingerprint density at radius 3 is 2.65 bits per heavy atom. The van der Waals surface area contributed by atoms with E-state index in [1.165, 1.54) is 6.07 Å². The van der Waals surface area contributed by atoms with Gasteiger partial charge in [0.2, 0.25) is 5.91 Å². The first kappa shape index (κ1) is 23.8. The monoisotopic (exact) mass is 482 g/mol. The molecular formula is C26H27ClN2O5. The Labute approximate surface area is 202 Å². The van der Waals surface area contributed by atoms with Crippen molar-refractivity contribution in [2.75, 3.05) is 27.2 Å². The molecule has 0 spiro atoms. The van der Waals surface area contributed by atoms with Gasteiger partial charge in [-0.3, -0.25) is 9.59 Å². The molecule has 0 N–H and O–H groups in total. The van der Waals surface area contributed by atoms with E-state index >= 15 is 0 Å². The molecule has 178 valence electrons. The smallest absolute Gasteiger partial charge is 0.336 e. The highest BCUT2D eigenvalue weighted by Gasteiger charge is 2.31. The van der Waals surface area contributed by atoms with Crippen molar-refractivity contribution in [1.29, 1.82) is 0 Å². The minimum Gasteiger partial charge on any atom is -0.481 e. The largest absolute Gasteiger partial charge is 0.481 e. The molecule has 4 rings (SSSR count). The number of carbonyl (C=O) groups is 2. The molecule has 7 nitrogen and oxygen atoms in total. The molecule has 2 aromatic carbocycles. The lowest BCUT2D eigenvalue weighted by Gasteiger charge is -2.34. The maximum Gasteiger partial charge on any atom is 0.336 e. The van der Waals surface area contributed by atoms with E-state index in [1.54, 1.807) is 55.1 Å². The molecule has 3 aromatic rings. The Hall–Kier alpha value is -3.32. The van der Waals surface area contributed by atoms with Gasteiger partial charge in [0.1, 0.15) is 11.3 Å². The third kappa shape index (κ3) is 4.94. The average Bonchev–Trinajstić information content (AvgIpc) is 2.82. The van der Waals surface area contributed by atoms with Gasteiger partial charge in [0.25, 0.3) is 5.91 Å². The second-order valence-corrected chi connectivity index (χ2v) is 9.14. The number of carbonyl (C=O) groups excluding carboxylic acids is 2. The summed E-state index contributed by atoms with van der Waals surface area (Å²) in [6.45, 7) is 2.66. The molecular weight excluding hydrogens is 456 g/mol. The molecule has 1 unspecified atom stereocenters. The van der Waals surface area contributed by atoms with Gasteiger partial charge in [0, 0.05) is 60.9 Å². The van der Waals surface area contributed by atoms with Crippen LogP contribution < -0.4 is 10.4 Å². The molecule has 1 fully saturated rings. The standard InChI is InChI=1S/C26H27ClN2O5/c1-16(25(31)29-12-6-7-17(15-29)26(32)28(2)3)33-18-10-11-20-21(14-24(30)34-23(20)13-18)19-8-4-5-9-22(19)27/h4-5,8-11,13-14,16-17H,6-7,12,15H2,1-3H3/t16?,17-/m1/s1. The number of amides is 2. The fraction of sp³-hybridized carbons (Fsp3) is 0.346. The quantitative estimate of drug-likeness (QED) is 0.509. The molecule has 0 radical (unpaired) electrons. The summed E-state index contributed by atoms with van der Waals surface area (Å²) in [7, 11) is 3.45. The van der Waals surface area contributed by atoms with Crippen molar-refractivity contribution >= 4 is 34.4 Å². The van der Waals surface area contributed by atoms with Crippen LogP contribution in [-0.2, 0) is 9.59 Å². The summed E-state index contributed by atoms with van der Waals surface area (Å²) in [4.78, 5) is 40.9. The van der Waals surface area contributed by atoms with E-state index in [2.05, 4.69) is 0 Å². The molecule has 8 heteroatoms. The number of halogens is 1. The van der Waals surface area contributed by atoms with E-state index in [0.29, 0.717) is 40.4 Å². The third-order valence-corrected chi connectivity index (χ3v) is 6.39. The number of piperidine rings is 1. The topological polar surface area (TPSA) is 80.1 Å². The van der Waals surface area contributed by atoms with E-state index in [0.717, 1.165) is 18.4 Å². The second-order valence-electron chi connectivity index (χ2n) is 8.73. The zero-order valence-corrected chi connectivity index (χ0v) is 20.2. The van der Waals surface area contributed by atoms with E-state index in [9.17, 15) is 14.4 Å². The lowest BCUT2D eigenvalue weighted by atomic mass is 9.96. The molecule has 1 aliphatic rings. The van der Waals surface area contributed by atoms with E-state index in [4.69, 9.17) is 20.8 Å². The Morgan fingerprint density at radius 1 is 1.15 bits per heavy atom. The van der Waals surface area contributed by atoms with Crippen molar-refractivity contribution in [3.63, 3.8) is 0 Å². The van der Waals surface area contributed by atoms with Crippen LogP contribution in [0.25, 0.3) is 22.1 Å². The molecule has 0 aliphatic carbocycles. The zero-order chi connectivity index (χ0) is 24.4. The first-order valence-corrected chi connectivity index (χ1v) is 11.6. The lowest BCUT2D eigenvalue weighted by molar-refractivity contribution is -0.143. The summed E-state index contributed by atoms with van der Waals surface area (Å²) in [6, 6.07) is 13.8. The van der Waals surface area contributed by atoms with Gasteiger partial charge >= 0.3 is 5.63 Å². The molecule has 0 bridgehead atoms. The SMILES string of the molecule is CC(Oc1ccc2c(-c3ccccc3Cl)cc(=O)oc2c1)C(=O)N1CCC[C@@H](C(=O)N(C)C)C1. The van der Waals surface area contributed by atoms with Crippen LogP contribution in [0, 0.1) is 5.92 Å². The first-order valence-electron chi connectivity index (χ1n) is 11.2. The Kier molecular flexibility index (Phi) is 6.93. The molecule has 1 aromatic heterocycles. The van der Waals surface area contributed by atoms with Crippen LogP contribution in [0.2, 0.25) is 5.02 Å². The molecule has 34 heavy (non-hydrogen) atoms. The van der Waals surface area contributed by atoms with E-state index < -0.39 is 11.7 Å². The highest BCUT2D eigenvalue weighted by atomic mass is 35.5. The summed E-state index contributed by atoms with van der Waals surface area (Å²) < 4.78 is 11.3. The highest BCUT2D eigenvalue weighted by molar-refractivity contribution is 6.33. The van der Waals surface area contributed by atoms with Gasteiger partial charge in [-0.15, -0.1) is 0 Å². The molecule has 2 amide bonds. The fourth-order valence-electron chi connectivity index (χ4n) is 4.37. The number of ether oxygens (including phenoxy) is 1. The van der Waals surface area contributed by atoms with Crippen LogP contribution in [-0.4, -0.2) is 54.9 Å². The van der Waals surface area contributed by atoms with Gasteiger partial charge in [0.05, 0.1) is 5.92 Å². The van der Waals surface area contributed by atoms with Crippen molar-refractivity contribution in [3.05, 3.63) is 64.0 Å². The van der Waals surface area contributed by atoms with Crippen molar-refractivity contribution in [2.45, 2.75) is 25.9 Å². The van der Waals surface area contributed by atoms with E-state index in [1.807, 2.05) is 18.2 Å². The van der Waals surface area contributed by atoms with Gasteiger partial charge in [-0.05, 0) is 38.0 Å². The zero-order valence-electron chi connectivity index (χ0n) is 19.4. The van der Waals surface area contributed by atoms with Crippen LogP contribution in [0.1, 0.15) is 19.8 Å². The van der Waals surface area contributed by atoms with Gasteiger partial charge in [-0.1, -0.05) is 29.8 Å². The highest BCUT2D eigenvalue weighted by Crippen LogP contribution is 2.34. The predicted molar refractivity (Wildman–Crippen MR) is 131 cm³/mol. The van der Waals surface area contributed by atoms with Crippen molar-refractivity contribution < 1.29 is 18.7 Å². The fourth-order valence-corrected chi connectivity index (χ4v) is 4.61. The summed E-state index contributed by atoms with van der Waals surface area (Å²) in [5.41, 5.74) is 1.23. The number of hydrogen-bond donors (Lipinski definition) is 0. The van der Waals surface area contributed by atoms with Crippen LogP contribution in [0.5, 0.6) is 5.75 Å². The number of benzene rings is 2. The minimum atomic E-state index is -0.760. The Balaban J connectivity index is 1.54. The summed E-state index contributed by atoms with van der Waals surface area (Å²) in [6.07, 6.45) is 0.784. The molecule has 2 atom stereocenters. The number of likely N-dealkylation sites (tertiary alicyclic amines) is 1. The number of hydrogen-bond acceptors (Lipinski definition) is 5. The van der Waals surface area contributed by atoms with Crippen molar-refractivity contribution in [1.82, 2.24) is 9.80 Å². The Morgan fingerprint density at radius 2 is 1.91 bits per heavy atom. The summed E-state index contributed by atoms with van der Waals surface area (Å²) in [5.74, 6) is 0.0661. The van der Waals surface area contributed by atoms with Crippen molar-refractivity contribution in [2.24, 2.45) is 5.92 Å². The van der Waals surface area contributed by atoms with Gasteiger partial charge in [-0.25, -0.2) is 4.79 Å².